The Morgan fingerprint density at radius 2 is 1.87 bits per heavy atom. The van der Waals surface area contributed by atoms with Crippen molar-refractivity contribution >= 4 is 22.7 Å². The number of hydrogen-bond donors (Lipinski definition) is 1. The van der Waals surface area contributed by atoms with Gasteiger partial charge in [-0.25, -0.2) is 4.79 Å². The summed E-state index contributed by atoms with van der Waals surface area (Å²) < 4.78 is 16.4. The minimum Gasteiger partial charge on any atom is -0.478 e. The third-order valence-electron chi connectivity index (χ3n) is 3.65. The molecule has 0 fully saturated rings. The van der Waals surface area contributed by atoms with Gasteiger partial charge in [-0.3, -0.25) is 9.00 Å². The van der Waals surface area contributed by atoms with E-state index in [-0.39, 0.29) is 17.4 Å². The van der Waals surface area contributed by atoms with Crippen LogP contribution >= 0.6 is 0 Å². The van der Waals surface area contributed by atoms with E-state index >= 15 is 0 Å². The van der Waals surface area contributed by atoms with E-state index in [1.807, 2.05) is 19.1 Å². The van der Waals surface area contributed by atoms with Crippen molar-refractivity contribution in [1.82, 2.24) is 4.90 Å². The van der Waals surface area contributed by atoms with Crippen molar-refractivity contribution < 1.29 is 23.3 Å². The summed E-state index contributed by atoms with van der Waals surface area (Å²) in [6.07, 6.45) is 2.64. The Morgan fingerprint density at radius 1 is 1.26 bits per heavy atom. The van der Waals surface area contributed by atoms with E-state index in [2.05, 4.69) is 0 Å². The third-order valence-corrected chi connectivity index (χ3v) is 4.59. The summed E-state index contributed by atoms with van der Waals surface area (Å²) in [6.45, 7) is 1.84. The first-order chi connectivity index (χ1) is 10.8. The van der Waals surface area contributed by atoms with E-state index < -0.39 is 22.7 Å². The topological polar surface area (TPSA) is 87.8 Å². The average molecular weight is 335 g/mol. The van der Waals surface area contributed by atoms with Crippen LogP contribution in [0.15, 0.2) is 45.9 Å². The van der Waals surface area contributed by atoms with Crippen LogP contribution in [0.5, 0.6) is 0 Å². The van der Waals surface area contributed by atoms with Crippen molar-refractivity contribution in [3.8, 4) is 0 Å². The molecule has 23 heavy (non-hydrogen) atoms. The van der Waals surface area contributed by atoms with Gasteiger partial charge in [0.25, 0.3) is 5.91 Å². The number of amides is 1. The fourth-order valence-electron chi connectivity index (χ4n) is 2.07. The second kappa shape index (κ2) is 6.78. The molecule has 0 radical (unpaired) electrons. The van der Waals surface area contributed by atoms with Crippen LogP contribution in [-0.4, -0.2) is 39.4 Å². The molecular weight excluding hydrogens is 318 g/mol. The lowest BCUT2D eigenvalue weighted by atomic mass is 10.1. The molecule has 0 aliphatic carbocycles. The normalized spacial score (nSPS) is 13.3. The molecule has 1 aromatic carbocycles. The highest BCUT2D eigenvalue weighted by Crippen LogP contribution is 2.22. The van der Waals surface area contributed by atoms with Gasteiger partial charge in [0.15, 0.2) is 5.76 Å². The zero-order valence-corrected chi connectivity index (χ0v) is 13.8. The number of hydrogen-bond acceptors (Lipinski definition) is 4. The Balaban J connectivity index is 2.17. The molecule has 0 saturated carbocycles. The van der Waals surface area contributed by atoms with Crippen molar-refractivity contribution in [3.05, 3.63) is 53.5 Å². The number of nitrogens with zero attached hydrogens (tertiary/aromatic N) is 1. The van der Waals surface area contributed by atoms with Crippen molar-refractivity contribution in [3.63, 3.8) is 0 Å². The molecule has 122 valence electrons. The van der Waals surface area contributed by atoms with Gasteiger partial charge in [0.05, 0.1) is 11.6 Å². The van der Waals surface area contributed by atoms with Crippen LogP contribution in [0.25, 0.3) is 0 Å². The van der Waals surface area contributed by atoms with Crippen molar-refractivity contribution in [2.45, 2.75) is 17.9 Å². The van der Waals surface area contributed by atoms with Gasteiger partial charge in [-0.1, -0.05) is 12.1 Å². The van der Waals surface area contributed by atoms with Gasteiger partial charge in [0.1, 0.15) is 6.26 Å². The summed E-state index contributed by atoms with van der Waals surface area (Å²) in [7, 11) is 0.560. The molecule has 6 nitrogen and oxygen atoms in total. The molecule has 7 heteroatoms. The Labute approximate surface area is 136 Å². The summed E-state index contributed by atoms with van der Waals surface area (Å²) in [5.41, 5.74) is 0.809. The van der Waals surface area contributed by atoms with Crippen LogP contribution in [0.4, 0.5) is 0 Å². The first kappa shape index (κ1) is 17.0. The zero-order chi connectivity index (χ0) is 17.1. The molecule has 1 heterocycles. The number of carboxylic acid groups (broad SMARTS) is 1. The minimum atomic E-state index is -1.15. The minimum absolute atomic E-state index is 0.0250. The number of carbonyl (C=O) groups excluding carboxylic acids is 1. The highest BCUT2D eigenvalue weighted by atomic mass is 32.2. The fourth-order valence-corrected chi connectivity index (χ4v) is 2.59. The van der Waals surface area contributed by atoms with E-state index in [9.17, 15) is 13.8 Å². The van der Waals surface area contributed by atoms with Gasteiger partial charge in [-0.2, -0.15) is 0 Å². The van der Waals surface area contributed by atoms with Crippen molar-refractivity contribution in [2.24, 2.45) is 0 Å². The molecule has 2 rings (SSSR count). The van der Waals surface area contributed by atoms with Gasteiger partial charge >= 0.3 is 5.97 Å². The maximum absolute atomic E-state index is 12.4. The molecule has 1 aromatic heterocycles. The van der Waals surface area contributed by atoms with Crippen LogP contribution in [0, 0.1) is 0 Å². The van der Waals surface area contributed by atoms with E-state index in [1.165, 1.54) is 11.0 Å². The number of rotatable bonds is 5. The van der Waals surface area contributed by atoms with Gasteiger partial charge in [-0.15, -0.1) is 0 Å². The maximum atomic E-state index is 12.4. The molecule has 0 saturated heterocycles. The lowest BCUT2D eigenvalue weighted by molar-refractivity contribution is 0.0692. The predicted octanol–water partition coefficient (Wildman–Crippen LogP) is 2.55. The van der Waals surface area contributed by atoms with E-state index in [0.717, 1.165) is 11.8 Å². The smallest absolute Gasteiger partial charge is 0.338 e. The van der Waals surface area contributed by atoms with Crippen LogP contribution in [0.1, 0.15) is 39.4 Å². The largest absolute Gasteiger partial charge is 0.478 e. The number of furan rings is 1. The lowest BCUT2D eigenvalue weighted by Crippen LogP contribution is -2.29. The van der Waals surface area contributed by atoms with Crippen LogP contribution in [0.3, 0.4) is 0 Å². The first-order valence-corrected chi connectivity index (χ1v) is 8.39. The molecule has 2 aromatic rings. The summed E-state index contributed by atoms with van der Waals surface area (Å²) in [6, 6.07) is 8.11. The zero-order valence-electron chi connectivity index (χ0n) is 13.0. The van der Waals surface area contributed by atoms with Gasteiger partial charge in [0, 0.05) is 35.1 Å². The third kappa shape index (κ3) is 3.68. The molecule has 1 amide bonds. The van der Waals surface area contributed by atoms with Crippen molar-refractivity contribution in [1.29, 1.82) is 0 Å². The summed E-state index contributed by atoms with van der Waals surface area (Å²) in [5.74, 6) is -1.58. The highest BCUT2D eigenvalue weighted by molar-refractivity contribution is 7.84. The standard InChI is InChI=1S/C16H17NO5S/c1-10(11-4-6-13(7-5-11)23(3)21)17(2)15(18)14-8-12(9-22-14)16(19)20/h4-10H,1-3H3,(H,19,20). The molecule has 0 bridgehead atoms. The summed E-state index contributed by atoms with van der Waals surface area (Å²) in [4.78, 5) is 25.4. The Kier molecular flexibility index (Phi) is 5.00. The van der Waals surface area contributed by atoms with Crippen LogP contribution in [0.2, 0.25) is 0 Å². The van der Waals surface area contributed by atoms with Crippen molar-refractivity contribution in [2.75, 3.05) is 13.3 Å². The van der Waals surface area contributed by atoms with Gasteiger partial charge in [0.2, 0.25) is 0 Å². The summed E-state index contributed by atoms with van der Waals surface area (Å²) in [5, 5.41) is 8.87. The average Bonchev–Trinajstić information content (AvgIpc) is 3.03. The molecule has 1 N–H and O–H groups in total. The number of aromatic carboxylic acids is 1. The van der Waals surface area contributed by atoms with Gasteiger partial charge in [-0.05, 0) is 24.6 Å². The Morgan fingerprint density at radius 3 is 2.35 bits per heavy atom. The second-order valence-electron chi connectivity index (χ2n) is 5.12. The van der Waals surface area contributed by atoms with E-state index in [0.29, 0.717) is 4.90 Å². The van der Waals surface area contributed by atoms with Gasteiger partial charge < -0.3 is 14.4 Å². The molecule has 2 atom stereocenters. The monoisotopic (exact) mass is 335 g/mol. The lowest BCUT2D eigenvalue weighted by Gasteiger charge is -2.24. The van der Waals surface area contributed by atoms with Crippen LogP contribution in [-0.2, 0) is 10.8 Å². The maximum Gasteiger partial charge on any atom is 0.338 e. The van der Waals surface area contributed by atoms with E-state index in [1.54, 1.807) is 25.4 Å². The van der Waals surface area contributed by atoms with E-state index in [4.69, 9.17) is 9.52 Å². The SMILES string of the molecule is CC(c1ccc(S(C)=O)cc1)N(C)C(=O)c1cc(C(=O)O)co1. The fraction of sp³-hybridized carbons (Fsp3) is 0.250. The Hall–Kier alpha value is -2.41. The number of carbonyl (C=O) groups is 2. The quantitative estimate of drug-likeness (QED) is 0.907. The predicted molar refractivity (Wildman–Crippen MR) is 85.0 cm³/mol. The molecule has 0 aliphatic heterocycles. The molecule has 0 spiro atoms. The molecule has 0 aliphatic rings. The highest BCUT2D eigenvalue weighted by Gasteiger charge is 2.23. The Bertz CT molecular complexity index is 750. The molecular formula is C16H17NO5S. The number of carboxylic acids is 1. The second-order valence-corrected chi connectivity index (χ2v) is 6.50. The summed E-state index contributed by atoms with van der Waals surface area (Å²) >= 11 is 0. The first-order valence-electron chi connectivity index (χ1n) is 6.83. The van der Waals surface area contributed by atoms with Crippen LogP contribution < -0.4 is 0 Å². The molecule has 2 unspecified atom stereocenters. The number of benzene rings is 1.